The van der Waals surface area contributed by atoms with Crippen LogP contribution in [0.3, 0.4) is 0 Å². The summed E-state index contributed by atoms with van der Waals surface area (Å²) in [6.45, 7) is 8.87. The van der Waals surface area contributed by atoms with Crippen molar-refractivity contribution >= 4 is 11.8 Å². The number of alkyl carbamates (subject to hydrolysis) is 1. The minimum Gasteiger partial charge on any atom is -0.444 e. The van der Waals surface area contributed by atoms with E-state index in [0.717, 1.165) is 0 Å². The molecule has 0 saturated heterocycles. The normalized spacial score (nSPS) is 12.3. The number of benzene rings is 1. The molecule has 1 aromatic carbocycles. The standard InChI is InChI=1S/C17H20N4O5/c1-5-8-12(18-16(22)26-17(2,3)4)15-20-19-14(25-15)11-9-6-7-10-13(11)21(23)24/h5-7,9-10,12H,1,8H2,2-4H3,(H,18,22)/t12-/m0/s1. The summed E-state index contributed by atoms with van der Waals surface area (Å²) in [6, 6.07) is 5.38. The summed E-state index contributed by atoms with van der Waals surface area (Å²) in [5, 5.41) is 21.5. The second kappa shape index (κ2) is 7.77. The molecule has 2 rings (SSSR count). The van der Waals surface area contributed by atoms with Gasteiger partial charge >= 0.3 is 6.09 Å². The summed E-state index contributed by atoms with van der Waals surface area (Å²) < 4.78 is 10.8. The average molecular weight is 360 g/mol. The van der Waals surface area contributed by atoms with Crippen LogP contribution in [0.4, 0.5) is 10.5 Å². The number of carbonyl (C=O) groups excluding carboxylic acids is 1. The number of carbonyl (C=O) groups is 1. The molecule has 26 heavy (non-hydrogen) atoms. The largest absolute Gasteiger partial charge is 0.444 e. The first-order valence-corrected chi connectivity index (χ1v) is 7.89. The zero-order valence-corrected chi connectivity index (χ0v) is 14.8. The molecule has 1 heterocycles. The van der Waals surface area contributed by atoms with Gasteiger partial charge in [-0.3, -0.25) is 10.1 Å². The Morgan fingerprint density at radius 3 is 2.73 bits per heavy atom. The molecule has 0 bridgehead atoms. The number of hydrogen-bond acceptors (Lipinski definition) is 7. The zero-order valence-electron chi connectivity index (χ0n) is 14.8. The highest BCUT2D eigenvalue weighted by Gasteiger charge is 2.25. The van der Waals surface area contributed by atoms with Crippen LogP contribution < -0.4 is 5.32 Å². The fourth-order valence-electron chi connectivity index (χ4n) is 2.14. The van der Waals surface area contributed by atoms with Crippen molar-refractivity contribution < 1.29 is 18.9 Å². The van der Waals surface area contributed by atoms with Crippen LogP contribution in [0.1, 0.15) is 39.1 Å². The molecule has 0 radical (unpaired) electrons. The van der Waals surface area contributed by atoms with Crippen molar-refractivity contribution in [3.05, 3.63) is 52.9 Å². The fraction of sp³-hybridized carbons (Fsp3) is 0.353. The minimum atomic E-state index is -0.661. The van der Waals surface area contributed by atoms with Crippen molar-refractivity contribution in [2.45, 2.75) is 38.8 Å². The van der Waals surface area contributed by atoms with Gasteiger partial charge < -0.3 is 14.5 Å². The first kappa shape index (κ1) is 19.1. The van der Waals surface area contributed by atoms with Crippen molar-refractivity contribution in [3.8, 4) is 11.5 Å². The van der Waals surface area contributed by atoms with Crippen LogP contribution in [0.15, 0.2) is 41.3 Å². The summed E-state index contributed by atoms with van der Waals surface area (Å²) >= 11 is 0. The van der Waals surface area contributed by atoms with E-state index in [0.29, 0.717) is 6.42 Å². The predicted octanol–water partition coefficient (Wildman–Crippen LogP) is 3.79. The van der Waals surface area contributed by atoms with Crippen LogP contribution in [-0.2, 0) is 4.74 Å². The number of nitrogens with zero attached hydrogens (tertiary/aromatic N) is 3. The highest BCUT2D eigenvalue weighted by Crippen LogP contribution is 2.30. The molecule has 9 heteroatoms. The first-order valence-electron chi connectivity index (χ1n) is 7.89. The number of rotatable bonds is 6. The Morgan fingerprint density at radius 2 is 2.12 bits per heavy atom. The van der Waals surface area contributed by atoms with Gasteiger partial charge in [-0.2, -0.15) is 0 Å². The molecule has 0 spiro atoms. The Balaban J connectivity index is 2.26. The van der Waals surface area contributed by atoms with Crippen molar-refractivity contribution in [1.29, 1.82) is 0 Å². The maximum atomic E-state index is 12.0. The number of hydrogen-bond donors (Lipinski definition) is 1. The predicted molar refractivity (Wildman–Crippen MR) is 93.3 cm³/mol. The van der Waals surface area contributed by atoms with Crippen LogP contribution in [0.25, 0.3) is 11.5 Å². The number of ether oxygens (including phenoxy) is 1. The van der Waals surface area contributed by atoms with Gasteiger partial charge in [-0.25, -0.2) is 4.79 Å². The van der Waals surface area contributed by atoms with Gasteiger partial charge in [0, 0.05) is 6.07 Å². The van der Waals surface area contributed by atoms with Crippen LogP contribution in [0.2, 0.25) is 0 Å². The fourth-order valence-corrected chi connectivity index (χ4v) is 2.14. The molecule has 138 valence electrons. The molecule has 9 nitrogen and oxygen atoms in total. The number of aromatic nitrogens is 2. The lowest BCUT2D eigenvalue weighted by atomic mass is 10.2. The highest BCUT2D eigenvalue weighted by atomic mass is 16.6. The second-order valence-corrected chi connectivity index (χ2v) is 6.44. The van der Waals surface area contributed by atoms with Crippen molar-refractivity contribution in [1.82, 2.24) is 15.5 Å². The molecular weight excluding hydrogens is 340 g/mol. The van der Waals surface area contributed by atoms with Gasteiger partial charge in [-0.05, 0) is 33.3 Å². The molecule has 0 unspecified atom stereocenters. The Morgan fingerprint density at radius 1 is 1.42 bits per heavy atom. The highest BCUT2D eigenvalue weighted by molar-refractivity contribution is 5.68. The van der Waals surface area contributed by atoms with E-state index in [9.17, 15) is 14.9 Å². The molecule has 0 saturated carbocycles. The Hall–Kier alpha value is -3.23. The van der Waals surface area contributed by atoms with Crippen LogP contribution in [0, 0.1) is 10.1 Å². The first-order chi connectivity index (χ1) is 12.2. The zero-order chi connectivity index (χ0) is 19.3. The summed E-state index contributed by atoms with van der Waals surface area (Å²) in [7, 11) is 0. The molecule has 0 aliphatic carbocycles. The number of amides is 1. The molecular formula is C17H20N4O5. The van der Waals surface area contributed by atoms with Gasteiger partial charge in [0.05, 0.1) is 4.92 Å². The molecule has 1 aromatic heterocycles. The maximum Gasteiger partial charge on any atom is 0.408 e. The van der Waals surface area contributed by atoms with Gasteiger partial charge in [0.1, 0.15) is 17.2 Å². The number of nitro groups is 1. The van der Waals surface area contributed by atoms with E-state index >= 15 is 0 Å². The van der Waals surface area contributed by atoms with E-state index in [1.54, 1.807) is 39.0 Å². The third-order valence-electron chi connectivity index (χ3n) is 3.16. The molecule has 2 aromatic rings. The van der Waals surface area contributed by atoms with E-state index in [4.69, 9.17) is 9.15 Å². The van der Waals surface area contributed by atoms with Crippen molar-refractivity contribution in [2.75, 3.05) is 0 Å². The maximum absolute atomic E-state index is 12.0. The topological polar surface area (TPSA) is 120 Å². The molecule has 1 amide bonds. The van der Waals surface area contributed by atoms with Crippen molar-refractivity contribution in [3.63, 3.8) is 0 Å². The number of nitrogens with one attached hydrogen (secondary N) is 1. The smallest absolute Gasteiger partial charge is 0.408 e. The lowest BCUT2D eigenvalue weighted by Crippen LogP contribution is -2.35. The summed E-state index contributed by atoms with van der Waals surface area (Å²) in [4.78, 5) is 22.6. The molecule has 0 aliphatic heterocycles. The van der Waals surface area contributed by atoms with Crippen LogP contribution in [-0.4, -0.2) is 26.8 Å². The number of nitro benzene ring substituents is 1. The van der Waals surface area contributed by atoms with Gasteiger partial charge in [0.15, 0.2) is 0 Å². The van der Waals surface area contributed by atoms with Gasteiger partial charge in [0.2, 0.25) is 5.89 Å². The van der Waals surface area contributed by atoms with E-state index in [1.165, 1.54) is 12.1 Å². The van der Waals surface area contributed by atoms with Gasteiger partial charge in [-0.1, -0.05) is 18.2 Å². The van der Waals surface area contributed by atoms with Gasteiger partial charge in [-0.15, -0.1) is 16.8 Å². The SMILES string of the molecule is C=CC[C@H](NC(=O)OC(C)(C)C)c1nnc(-c2ccccc2[N+](=O)[O-])o1. The Bertz CT molecular complexity index is 809. The van der Waals surface area contributed by atoms with Crippen LogP contribution in [0.5, 0.6) is 0 Å². The van der Waals surface area contributed by atoms with Crippen LogP contribution >= 0.6 is 0 Å². The van der Waals surface area contributed by atoms with E-state index in [-0.39, 0.29) is 23.0 Å². The quantitative estimate of drug-likeness (QED) is 0.472. The number of para-hydroxylation sites is 1. The minimum absolute atomic E-state index is 0.00708. The Kier molecular flexibility index (Phi) is 5.71. The third kappa shape index (κ3) is 4.88. The second-order valence-electron chi connectivity index (χ2n) is 6.44. The van der Waals surface area contributed by atoms with E-state index < -0.39 is 22.7 Å². The average Bonchev–Trinajstić information content (AvgIpc) is 3.02. The Labute approximate surface area is 150 Å². The lowest BCUT2D eigenvalue weighted by Gasteiger charge is -2.21. The summed E-state index contributed by atoms with van der Waals surface area (Å²) in [5.74, 6) is 0.0938. The van der Waals surface area contributed by atoms with Gasteiger partial charge in [0.25, 0.3) is 11.6 Å². The molecule has 1 atom stereocenters. The van der Waals surface area contributed by atoms with Crippen molar-refractivity contribution in [2.24, 2.45) is 0 Å². The summed E-state index contributed by atoms with van der Waals surface area (Å²) in [5.41, 5.74) is -0.609. The molecule has 1 N–H and O–H groups in total. The summed E-state index contributed by atoms with van der Waals surface area (Å²) in [6.07, 6.45) is 1.25. The molecule has 0 aliphatic rings. The lowest BCUT2D eigenvalue weighted by molar-refractivity contribution is -0.384. The molecule has 0 fully saturated rings. The van der Waals surface area contributed by atoms with E-state index in [1.807, 2.05) is 0 Å². The third-order valence-corrected chi connectivity index (χ3v) is 3.16. The monoisotopic (exact) mass is 360 g/mol. The van der Waals surface area contributed by atoms with E-state index in [2.05, 4.69) is 22.1 Å².